The Labute approximate surface area is 166 Å². The average molecular weight is 380 g/mol. The van der Waals surface area contributed by atoms with E-state index in [1.54, 1.807) is 0 Å². The SMILES string of the molecule is Cc1ccc(CC(=O)NNC(=O)CCN2CCN(c3ccccc3)CC2)cc1. The molecule has 2 amide bonds. The van der Waals surface area contributed by atoms with Crippen molar-refractivity contribution < 1.29 is 9.59 Å². The molecule has 1 heterocycles. The van der Waals surface area contributed by atoms with Crippen molar-refractivity contribution in [2.24, 2.45) is 0 Å². The maximum Gasteiger partial charge on any atom is 0.242 e. The van der Waals surface area contributed by atoms with E-state index >= 15 is 0 Å². The van der Waals surface area contributed by atoms with Gasteiger partial charge in [0.2, 0.25) is 11.8 Å². The molecule has 6 heteroatoms. The summed E-state index contributed by atoms with van der Waals surface area (Å²) in [5.74, 6) is -0.378. The zero-order valence-corrected chi connectivity index (χ0v) is 16.4. The number of carbonyl (C=O) groups is 2. The number of rotatable bonds is 6. The average Bonchev–Trinajstić information content (AvgIpc) is 2.73. The molecule has 0 unspecified atom stereocenters. The number of para-hydroxylation sites is 1. The zero-order chi connectivity index (χ0) is 19.8. The fourth-order valence-corrected chi connectivity index (χ4v) is 3.27. The molecule has 0 radical (unpaired) electrons. The van der Waals surface area contributed by atoms with Gasteiger partial charge in [0.1, 0.15) is 0 Å². The molecule has 0 aliphatic carbocycles. The molecule has 148 valence electrons. The molecule has 1 aliphatic heterocycles. The Hall–Kier alpha value is -2.86. The van der Waals surface area contributed by atoms with Crippen LogP contribution in [0.4, 0.5) is 5.69 Å². The molecule has 0 bridgehead atoms. The maximum atomic E-state index is 12.0. The highest BCUT2D eigenvalue weighted by Crippen LogP contribution is 2.15. The normalized spacial score (nSPS) is 14.5. The van der Waals surface area contributed by atoms with Gasteiger partial charge in [-0.05, 0) is 24.6 Å². The number of benzene rings is 2. The first-order valence-corrected chi connectivity index (χ1v) is 9.76. The summed E-state index contributed by atoms with van der Waals surface area (Å²) >= 11 is 0. The van der Waals surface area contributed by atoms with Gasteiger partial charge in [-0.1, -0.05) is 48.0 Å². The molecule has 2 aromatic rings. The minimum Gasteiger partial charge on any atom is -0.369 e. The topological polar surface area (TPSA) is 64.7 Å². The van der Waals surface area contributed by atoms with Gasteiger partial charge in [-0.2, -0.15) is 0 Å². The smallest absolute Gasteiger partial charge is 0.242 e. The molecule has 2 aromatic carbocycles. The summed E-state index contributed by atoms with van der Waals surface area (Å²) in [6, 6.07) is 18.2. The molecule has 0 aromatic heterocycles. The van der Waals surface area contributed by atoms with E-state index in [4.69, 9.17) is 0 Å². The summed E-state index contributed by atoms with van der Waals surface area (Å²) in [7, 11) is 0. The van der Waals surface area contributed by atoms with Gasteiger partial charge in [-0.25, -0.2) is 0 Å². The molecule has 3 rings (SSSR count). The molecule has 1 fully saturated rings. The number of amides is 2. The van der Waals surface area contributed by atoms with Crippen LogP contribution in [0.15, 0.2) is 54.6 Å². The van der Waals surface area contributed by atoms with Crippen LogP contribution in [0.2, 0.25) is 0 Å². The first kappa shape index (κ1) is 19.9. The van der Waals surface area contributed by atoms with E-state index in [2.05, 4.69) is 44.9 Å². The van der Waals surface area contributed by atoms with E-state index in [0.717, 1.165) is 37.3 Å². The van der Waals surface area contributed by atoms with E-state index in [9.17, 15) is 9.59 Å². The van der Waals surface area contributed by atoms with Crippen molar-refractivity contribution in [3.8, 4) is 0 Å². The van der Waals surface area contributed by atoms with Crippen LogP contribution in [-0.4, -0.2) is 49.4 Å². The lowest BCUT2D eigenvalue weighted by Gasteiger charge is -2.36. The molecule has 1 aliphatic rings. The van der Waals surface area contributed by atoms with Crippen molar-refractivity contribution in [3.63, 3.8) is 0 Å². The highest BCUT2D eigenvalue weighted by atomic mass is 16.2. The number of anilines is 1. The summed E-state index contributed by atoms with van der Waals surface area (Å²) in [6.07, 6.45) is 0.623. The number of hydrazine groups is 1. The molecule has 2 N–H and O–H groups in total. The summed E-state index contributed by atoms with van der Waals surface area (Å²) < 4.78 is 0. The van der Waals surface area contributed by atoms with Gasteiger partial charge in [0, 0.05) is 44.8 Å². The highest BCUT2D eigenvalue weighted by molar-refractivity contribution is 5.83. The van der Waals surface area contributed by atoms with Gasteiger partial charge >= 0.3 is 0 Å². The van der Waals surface area contributed by atoms with Crippen molar-refractivity contribution in [2.45, 2.75) is 19.8 Å². The van der Waals surface area contributed by atoms with Crippen molar-refractivity contribution in [2.75, 3.05) is 37.6 Å². The van der Waals surface area contributed by atoms with E-state index in [-0.39, 0.29) is 18.2 Å². The predicted octanol–water partition coefficient (Wildman–Crippen LogP) is 1.90. The van der Waals surface area contributed by atoms with Crippen LogP contribution in [0, 0.1) is 6.92 Å². The van der Waals surface area contributed by atoms with E-state index in [0.29, 0.717) is 13.0 Å². The number of nitrogens with zero attached hydrogens (tertiary/aromatic N) is 2. The quantitative estimate of drug-likeness (QED) is 0.752. The second-order valence-electron chi connectivity index (χ2n) is 7.17. The van der Waals surface area contributed by atoms with Crippen molar-refractivity contribution in [1.82, 2.24) is 15.8 Å². The van der Waals surface area contributed by atoms with Crippen LogP contribution in [0.3, 0.4) is 0 Å². The Morgan fingerprint density at radius 2 is 1.50 bits per heavy atom. The van der Waals surface area contributed by atoms with Crippen molar-refractivity contribution in [1.29, 1.82) is 0 Å². The summed E-state index contributed by atoms with van der Waals surface area (Å²) in [5.41, 5.74) is 8.34. The van der Waals surface area contributed by atoms with Gasteiger partial charge in [-0.15, -0.1) is 0 Å². The summed E-state index contributed by atoms with van der Waals surface area (Å²) in [5, 5.41) is 0. The van der Waals surface area contributed by atoms with Gasteiger partial charge in [0.25, 0.3) is 0 Å². The third kappa shape index (κ3) is 6.09. The first-order chi connectivity index (χ1) is 13.6. The van der Waals surface area contributed by atoms with Crippen LogP contribution in [0.25, 0.3) is 0 Å². The van der Waals surface area contributed by atoms with Gasteiger partial charge < -0.3 is 4.90 Å². The lowest BCUT2D eigenvalue weighted by Crippen LogP contribution is -2.48. The van der Waals surface area contributed by atoms with Gasteiger partial charge in [-0.3, -0.25) is 25.3 Å². The fraction of sp³-hybridized carbons (Fsp3) is 0.364. The minimum atomic E-state index is -0.214. The van der Waals surface area contributed by atoms with Gasteiger partial charge in [0.15, 0.2) is 0 Å². The molecule has 6 nitrogen and oxygen atoms in total. The van der Waals surface area contributed by atoms with Crippen LogP contribution >= 0.6 is 0 Å². The van der Waals surface area contributed by atoms with E-state index < -0.39 is 0 Å². The summed E-state index contributed by atoms with van der Waals surface area (Å²) in [4.78, 5) is 28.6. The number of piperazine rings is 1. The lowest BCUT2D eigenvalue weighted by atomic mass is 10.1. The summed E-state index contributed by atoms with van der Waals surface area (Å²) in [6.45, 7) is 6.48. The van der Waals surface area contributed by atoms with Crippen LogP contribution < -0.4 is 15.8 Å². The Morgan fingerprint density at radius 3 is 2.18 bits per heavy atom. The molecular weight excluding hydrogens is 352 g/mol. The van der Waals surface area contributed by atoms with Crippen molar-refractivity contribution >= 4 is 17.5 Å². The number of nitrogens with one attached hydrogen (secondary N) is 2. The standard InChI is InChI=1S/C22H28N4O2/c1-18-7-9-19(10-8-18)17-22(28)24-23-21(27)11-12-25-13-15-26(16-14-25)20-5-3-2-4-6-20/h2-10H,11-17H2,1H3,(H,23,27)(H,24,28). The number of hydrogen-bond donors (Lipinski definition) is 2. The molecule has 0 spiro atoms. The molecule has 1 saturated heterocycles. The Kier molecular flexibility index (Phi) is 7.03. The van der Waals surface area contributed by atoms with Crippen LogP contribution in [0.1, 0.15) is 17.5 Å². The Bertz CT molecular complexity index is 769. The molecular formula is C22H28N4O2. The molecule has 0 saturated carbocycles. The lowest BCUT2D eigenvalue weighted by molar-refractivity contribution is -0.128. The highest BCUT2D eigenvalue weighted by Gasteiger charge is 2.17. The molecule has 0 atom stereocenters. The number of hydrogen-bond acceptors (Lipinski definition) is 4. The first-order valence-electron chi connectivity index (χ1n) is 9.76. The number of aryl methyl sites for hydroxylation is 1. The van der Waals surface area contributed by atoms with Crippen molar-refractivity contribution in [3.05, 3.63) is 65.7 Å². The predicted molar refractivity (Wildman–Crippen MR) is 111 cm³/mol. The Balaban J connectivity index is 1.31. The maximum absolute atomic E-state index is 12.0. The second-order valence-corrected chi connectivity index (χ2v) is 7.17. The van der Waals surface area contributed by atoms with Gasteiger partial charge in [0.05, 0.1) is 6.42 Å². The second kappa shape index (κ2) is 9.90. The fourth-order valence-electron chi connectivity index (χ4n) is 3.27. The van der Waals surface area contributed by atoms with Crippen LogP contribution in [-0.2, 0) is 16.0 Å². The Morgan fingerprint density at radius 1 is 0.857 bits per heavy atom. The zero-order valence-electron chi connectivity index (χ0n) is 16.4. The van der Waals surface area contributed by atoms with E-state index in [1.165, 1.54) is 5.69 Å². The largest absolute Gasteiger partial charge is 0.369 e. The third-order valence-electron chi connectivity index (χ3n) is 4.98. The van der Waals surface area contributed by atoms with Crippen LogP contribution in [0.5, 0.6) is 0 Å². The number of carbonyl (C=O) groups excluding carboxylic acids is 2. The third-order valence-corrected chi connectivity index (χ3v) is 4.98. The molecule has 28 heavy (non-hydrogen) atoms. The van der Waals surface area contributed by atoms with E-state index in [1.807, 2.05) is 37.3 Å². The monoisotopic (exact) mass is 380 g/mol. The minimum absolute atomic E-state index is 0.164.